The van der Waals surface area contributed by atoms with E-state index in [0.717, 1.165) is 19.0 Å². The molecule has 2 N–H and O–H groups in total. The topological polar surface area (TPSA) is 54.0 Å². The Balaban J connectivity index is 0.00000156. The van der Waals surface area contributed by atoms with Crippen LogP contribution in [-0.2, 0) is 0 Å². The molecule has 2 unspecified atom stereocenters. The molecule has 0 saturated carbocycles. The third kappa shape index (κ3) is 4.88. The number of nitrogens with zero attached hydrogens (tertiary/aromatic N) is 1. The lowest BCUT2D eigenvalue weighted by molar-refractivity contribution is 0.0927. The van der Waals surface area contributed by atoms with Gasteiger partial charge in [0.25, 0.3) is 5.91 Å². The van der Waals surface area contributed by atoms with Crippen LogP contribution in [0.2, 0.25) is 0 Å². The van der Waals surface area contributed by atoms with Crippen molar-refractivity contribution in [2.45, 2.75) is 25.3 Å². The summed E-state index contributed by atoms with van der Waals surface area (Å²) in [5.74, 6) is -1.94. The van der Waals surface area contributed by atoms with Gasteiger partial charge in [-0.3, -0.25) is 4.79 Å². The van der Waals surface area contributed by atoms with Gasteiger partial charge in [0, 0.05) is 18.5 Å². The Morgan fingerprint density at radius 2 is 2.08 bits per heavy atom. The number of thiazole rings is 1. The Bertz CT molecular complexity index is 729. The SMILES string of the molecule is Cc1ncsc1C(=O)NC1CNCCC1c1ccc(F)c(F)c1.Cl.Cl. The molecule has 1 aliphatic heterocycles. The van der Waals surface area contributed by atoms with Crippen molar-refractivity contribution in [3.05, 3.63) is 51.5 Å². The monoisotopic (exact) mass is 409 g/mol. The first-order valence-corrected chi connectivity index (χ1v) is 8.31. The quantitative estimate of drug-likeness (QED) is 0.815. The van der Waals surface area contributed by atoms with Gasteiger partial charge in [-0.2, -0.15) is 0 Å². The first-order chi connectivity index (χ1) is 11.1. The lowest BCUT2D eigenvalue weighted by Gasteiger charge is -2.33. The highest BCUT2D eigenvalue weighted by Gasteiger charge is 2.29. The standard InChI is InChI=1S/C16H17F2N3OS.2ClH/c1-9-15(23-8-20-9)16(22)21-14-7-19-5-4-11(14)10-2-3-12(17)13(18)6-10;;/h2-3,6,8,11,14,19H,4-5,7H2,1H3,(H,21,22);2*1H. The summed E-state index contributed by atoms with van der Waals surface area (Å²) in [6, 6.07) is 3.77. The van der Waals surface area contributed by atoms with Crippen LogP contribution in [0.4, 0.5) is 8.78 Å². The zero-order valence-electron chi connectivity index (χ0n) is 13.4. The summed E-state index contributed by atoms with van der Waals surface area (Å²) in [6.45, 7) is 3.15. The first-order valence-electron chi connectivity index (χ1n) is 7.43. The van der Waals surface area contributed by atoms with Gasteiger partial charge in [-0.1, -0.05) is 6.07 Å². The molecule has 1 amide bonds. The smallest absolute Gasteiger partial charge is 0.263 e. The second kappa shape index (κ2) is 9.43. The Kier molecular flexibility index (Phi) is 8.21. The maximum absolute atomic E-state index is 13.5. The van der Waals surface area contributed by atoms with E-state index < -0.39 is 11.6 Å². The van der Waals surface area contributed by atoms with E-state index in [2.05, 4.69) is 15.6 Å². The van der Waals surface area contributed by atoms with Gasteiger partial charge in [0.2, 0.25) is 0 Å². The maximum atomic E-state index is 13.5. The van der Waals surface area contributed by atoms with Gasteiger partial charge in [-0.15, -0.1) is 36.2 Å². The van der Waals surface area contributed by atoms with Crippen LogP contribution in [0.1, 0.15) is 33.3 Å². The molecule has 1 saturated heterocycles. The number of carbonyl (C=O) groups excluding carboxylic acids is 1. The second-order valence-electron chi connectivity index (χ2n) is 5.62. The third-order valence-corrected chi connectivity index (χ3v) is 5.05. The largest absolute Gasteiger partial charge is 0.347 e. The summed E-state index contributed by atoms with van der Waals surface area (Å²) in [5, 5.41) is 6.23. The average molecular weight is 410 g/mol. The van der Waals surface area contributed by atoms with Gasteiger partial charge in [0.05, 0.1) is 11.2 Å². The number of nitrogens with one attached hydrogen (secondary N) is 2. The molecular formula is C16H19Cl2F2N3OS. The number of halogens is 4. The van der Waals surface area contributed by atoms with E-state index in [9.17, 15) is 13.6 Å². The Labute approximate surface area is 161 Å². The van der Waals surface area contributed by atoms with Crippen molar-refractivity contribution in [2.24, 2.45) is 0 Å². The zero-order valence-corrected chi connectivity index (χ0v) is 15.9. The molecular weight excluding hydrogens is 391 g/mol. The molecule has 1 aromatic heterocycles. The second-order valence-corrected chi connectivity index (χ2v) is 6.47. The number of carbonyl (C=O) groups is 1. The molecule has 2 aromatic rings. The fourth-order valence-electron chi connectivity index (χ4n) is 2.91. The van der Waals surface area contributed by atoms with Gasteiger partial charge in [-0.05, 0) is 37.6 Å². The minimum atomic E-state index is -0.858. The van der Waals surface area contributed by atoms with Crippen LogP contribution < -0.4 is 10.6 Å². The molecule has 2 atom stereocenters. The number of benzene rings is 1. The molecule has 4 nitrogen and oxygen atoms in total. The van der Waals surface area contributed by atoms with E-state index in [-0.39, 0.29) is 42.7 Å². The van der Waals surface area contributed by atoms with E-state index >= 15 is 0 Å². The number of hydrogen-bond acceptors (Lipinski definition) is 4. The van der Waals surface area contributed by atoms with Crippen LogP contribution in [0, 0.1) is 18.6 Å². The van der Waals surface area contributed by atoms with E-state index in [1.165, 1.54) is 17.4 Å². The zero-order chi connectivity index (χ0) is 16.4. The number of aromatic nitrogens is 1. The molecule has 25 heavy (non-hydrogen) atoms. The summed E-state index contributed by atoms with van der Waals surface area (Å²) in [6.07, 6.45) is 0.748. The van der Waals surface area contributed by atoms with Gasteiger partial charge in [0.1, 0.15) is 4.88 Å². The van der Waals surface area contributed by atoms with Crippen LogP contribution in [0.15, 0.2) is 23.7 Å². The minimum Gasteiger partial charge on any atom is -0.347 e. The summed E-state index contributed by atoms with van der Waals surface area (Å²) < 4.78 is 26.7. The fourth-order valence-corrected chi connectivity index (χ4v) is 3.61. The molecule has 0 bridgehead atoms. The highest BCUT2D eigenvalue weighted by Crippen LogP contribution is 2.27. The van der Waals surface area contributed by atoms with Crippen molar-refractivity contribution in [3.63, 3.8) is 0 Å². The predicted molar refractivity (Wildman–Crippen MR) is 99.2 cm³/mol. The van der Waals surface area contributed by atoms with E-state index in [4.69, 9.17) is 0 Å². The highest BCUT2D eigenvalue weighted by atomic mass is 35.5. The minimum absolute atomic E-state index is 0. The molecule has 1 aliphatic rings. The van der Waals surface area contributed by atoms with Crippen LogP contribution in [0.3, 0.4) is 0 Å². The molecule has 0 aliphatic carbocycles. The molecule has 0 radical (unpaired) electrons. The third-order valence-electron chi connectivity index (χ3n) is 4.12. The van der Waals surface area contributed by atoms with Crippen molar-refractivity contribution in [3.8, 4) is 0 Å². The normalized spacial score (nSPS) is 19.5. The van der Waals surface area contributed by atoms with Gasteiger partial charge >= 0.3 is 0 Å². The van der Waals surface area contributed by atoms with Crippen molar-refractivity contribution in [1.82, 2.24) is 15.6 Å². The Morgan fingerprint density at radius 1 is 1.32 bits per heavy atom. The fraction of sp³-hybridized carbons (Fsp3) is 0.375. The lowest BCUT2D eigenvalue weighted by Crippen LogP contribution is -2.50. The lowest BCUT2D eigenvalue weighted by atomic mass is 9.86. The van der Waals surface area contributed by atoms with Crippen LogP contribution in [-0.4, -0.2) is 30.0 Å². The van der Waals surface area contributed by atoms with E-state index in [1.54, 1.807) is 18.5 Å². The number of amides is 1. The molecule has 3 rings (SSSR count). The molecule has 138 valence electrons. The van der Waals surface area contributed by atoms with Crippen molar-refractivity contribution in [2.75, 3.05) is 13.1 Å². The van der Waals surface area contributed by atoms with Gasteiger partial charge in [-0.25, -0.2) is 13.8 Å². The van der Waals surface area contributed by atoms with Gasteiger partial charge in [0.15, 0.2) is 11.6 Å². The van der Waals surface area contributed by atoms with Crippen molar-refractivity contribution < 1.29 is 13.6 Å². The number of aryl methyl sites for hydroxylation is 1. The molecule has 2 heterocycles. The number of rotatable bonds is 3. The van der Waals surface area contributed by atoms with Crippen molar-refractivity contribution in [1.29, 1.82) is 0 Å². The van der Waals surface area contributed by atoms with E-state index in [1.807, 2.05) is 0 Å². The summed E-state index contributed by atoms with van der Waals surface area (Å²) in [4.78, 5) is 17.1. The molecule has 9 heteroatoms. The number of hydrogen-bond donors (Lipinski definition) is 2. The van der Waals surface area contributed by atoms with E-state index in [0.29, 0.717) is 22.7 Å². The van der Waals surface area contributed by atoms with Crippen LogP contribution >= 0.6 is 36.2 Å². The predicted octanol–water partition coefficient (Wildman–Crippen LogP) is 3.45. The number of piperidine rings is 1. The first kappa shape index (κ1) is 21.8. The summed E-state index contributed by atoms with van der Waals surface area (Å²) >= 11 is 1.29. The average Bonchev–Trinajstić information content (AvgIpc) is 2.97. The Morgan fingerprint density at radius 3 is 2.72 bits per heavy atom. The molecule has 0 spiro atoms. The van der Waals surface area contributed by atoms with Crippen molar-refractivity contribution >= 4 is 42.1 Å². The molecule has 1 fully saturated rings. The van der Waals surface area contributed by atoms with Crippen LogP contribution in [0.5, 0.6) is 0 Å². The Hall–Kier alpha value is -1.28. The summed E-state index contributed by atoms with van der Waals surface area (Å²) in [5.41, 5.74) is 3.04. The van der Waals surface area contributed by atoms with Gasteiger partial charge < -0.3 is 10.6 Å². The maximum Gasteiger partial charge on any atom is 0.263 e. The summed E-state index contributed by atoms with van der Waals surface area (Å²) in [7, 11) is 0. The molecule has 1 aromatic carbocycles. The highest BCUT2D eigenvalue weighted by molar-refractivity contribution is 7.11. The van der Waals surface area contributed by atoms with Crippen LogP contribution in [0.25, 0.3) is 0 Å².